The number of nitrogens with zero attached hydrogens (tertiary/aromatic N) is 2. The molecule has 5 nitrogen and oxygen atoms in total. The minimum Gasteiger partial charge on any atom is -0.477 e. The third-order valence-corrected chi connectivity index (χ3v) is 4.23. The molecular weight excluding hydrogens is 304 g/mol. The molecule has 1 aromatic carbocycles. The van der Waals surface area contributed by atoms with Crippen molar-refractivity contribution in [2.45, 2.75) is 25.4 Å². The molecule has 0 radical (unpaired) electrons. The molecule has 0 bridgehead atoms. The van der Waals surface area contributed by atoms with E-state index in [9.17, 15) is 4.79 Å². The fourth-order valence-corrected chi connectivity index (χ4v) is 2.96. The largest absolute Gasteiger partial charge is 0.477 e. The maximum atomic E-state index is 11.0. The number of carbonyl (C=O) groups is 1. The molecule has 3 rings (SSSR count). The van der Waals surface area contributed by atoms with Crippen molar-refractivity contribution in [3.05, 3.63) is 59.8 Å². The Morgan fingerprint density at radius 2 is 2.04 bits per heavy atom. The van der Waals surface area contributed by atoms with Gasteiger partial charge in [-0.05, 0) is 37.0 Å². The normalized spacial score (nSPS) is 17.2. The van der Waals surface area contributed by atoms with Crippen molar-refractivity contribution < 1.29 is 14.6 Å². The van der Waals surface area contributed by atoms with E-state index < -0.39 is 5.97 Å². The van der Waals surface area contributed by atoms with E-state index in [0.717, 1.165) is 39.0 Å². The van der Waals surface area contributed by atoms with E-state index in [0.29, 0.717) is 5.82 Å². The Morgan fingerprint density at radius 1 is 1.21 bits per heavy atom. The maximum absolute atomic E-state index is 11.0. The van der Waals surface area contributed by atoms with E-state index in [1.165, 1.54) is 11.6 Å². The molecule has 1 aromatic heterocycles. The summed E-state index contributed by atoms with van der Waals surface area (Å²) in [5.41, 5.74) is 1.42. The summed E-state index contributed by atoms with van der Waals surface area (Å²) in [4.78, 5) is 17.3. The molecule has 24 heavy (non-hydrogen) atoms. The predicted molar refractivity (Wildman–Crippen MR) is 92.5 cm³/mol. The molecule has 0 aliphatic carbocycles. The number of rotatable bonds is 7. The van der Waals surface area contributed by atoms with Gasteiger partial charge in [0.25, 0.3) is 0 Å². The molecule has 0 saturated carbocycles. The average Bonchev–Trinajstić information content (AvgIpc) is 3.09. The first-order chi connectivity index (χ1) is 11.7. The number of hydrogen-bond donors (Lipinski definition) is 1. The van der Waals surface area contributed by atoms with Gasteiger partial charge in [0.05, 0.1) is 6.10 Å². The van der Waals surface area contributed by atoms with Crippen LogP contribution in [-0.4, -0.2) is 41.9 Å². The van der Waals surface area contributed by atoms with Gasteiger partial charge >= 0.3 is 5.97 Å². The van der Waals surface area contributed by atoms with Crippen LogP contribution in [0.25, 0.3) is 0 Å². The van der Waals surface area contributed by atoms with E-state index in [4.69, 9.17) is 9.84 Å². The lowest BCUT2D eigenvalue weighted by atomic mass is 10.1. The molecule has 1 N–H and O–H groups in total. The molecule has 1 aliphatic heterocycles. The minimum absolute atomic E-state index is 0.0831. The summed E-state index contributed by atoms with van der Waals surface area (Å²) in [6.07, 6.45) is 3.17. The Balaban J connectivity index is 1.44. The highest BCUT2D eigenvalue weighted by Gasteiger charge is 2.24. The minimum atomic E-state index is -0.996. The molecule has 1 fully saturated rings. The van der Waals surface area contributed by atoms with Crippen molar-refractivity contribution in [1.29, 1.82) is 0 Å². The first-order valence-corrected chi connectivity index (χ1v) is 8.33. The van der Waals surface area contributed by atoms with Crippen LogP contribution in [0.15, 0.2) is 48.5 Å². The number of ether oxygens (including phenoxy) is 1. The van der Waals surface area contributed by atoms with Crippen molar-refractivity contribution in [1.82, 2.24) is 4.98 Å². The second kappa shape index (κ2) is 7.93. The van der Waals surface area contributed by atoms with Crippen LogP contribution < -0.4 is 4.90 Å². The lowest BCUT2D eigenvalue weighted by molar-refractivity contribution is 0.0666. The van der Waals surface area contributed by atoms with Gasteiger partial charge in [0.1, 0.15) is 5.82 Å². The quantitative estimate of drug-likeness (QED) is 0.793. The Hall–Kier alpha value is -2.40. The van der Waals surface area contributed by atoms with Crippen molar-refractivity contribution in [3.63, 3.8) is 0 Å². The highest BCUT2D eigenvalue weighted by molar-refractivity contribution is 5.85. The molecule has 2 aromatic rings. The van der Waals surface area contributed by atoms with Crippen LogP contribution in [0.2, 0.25) is 0 Å². The van der Waals surface area contributed by atoms with Gasteiger partial charge < -0.3 is 14.7 Å². The summed E-state index contributed by atoms with van der Waals surface area (Å²) in [5, 5.41) is 9.04. The molecule has 126 valence electrons. The molecule has 2 heterocycles. The van der Waals surface area contributed by atoms with E-state index >= 15 is 0 Å². The monoisotopic (exact) mass is 326 g/mol. The summed E-state index contributed by atoms with van der Waals surface area (Å²) in [6.45, 7) is 2.36. The SMILES string of the molecule is O=C(O)c1cccc(N2CCC(OCCCc3ccccc3)C2)n1. The Bertz CT molecular complexity index is 675. The van der Waals surface area contributed by atoms with Gasteiger partial charge in [-0.15, -0.1) is 0 Å². The van der Waals surface area contributed by atoms with Gasteiger partial charge in [0.15, 0.2) is 5.69 Å². The van der Waals surface area contributed by atoms with Gasteiger partial charge in [-0.3, -0.25) is 0 Å². The van der Waals surface area contributed by atoms with Crippen LogP contribution >= 0.6 is 0 Å². The summed E-state index contributed by atoms with van der Waals surface area (Å²) >= 11 is 0. The fourth-order valence-electron chi connectivity index (χ4n) is 2.96. The van der Waals surface area contributed by atoms with Crippen LogP contribution in [0, 0.1) is 0 Å². The lowest BCUT2D eigenvalue weighted by Gasteiger charge is -2.18. The number of carboxylic acid groups (broad SMARTS) is 1. The summed E-state index contributed by atoms with van der Waals surface area (Å²) < 4.78 is 5.97. The second-order valence-corrected chi connectivity index (χ2v) is 6.00. The molecule has 1 saturated heterocycles. The molecule has 1 unspecified atom stereocenters. The van der Waals surface area contributed by atoms with Gasteiger partial charge in [-0.2, -0.15) is 0 Å². The summed E-state index contributed by atoms with van der Waals surface area (Å²) in [7, 11) is 0. The van der Waals surface area contributed by atoms with Crippen molar-refractivity contribution in [3.8, 4) is 0 Å². The number of aryl methyl sites for hydroxylation is 1. The predicted octanol–water partition coefficient (Wildman–Crippen LogP) is 3.01. The van der Waals surface area contributed by atoms with E-state index in [2.05, 4.69) is 34.1 Å². The zero-order valence-electron chi connectivity index (χ0n) is 13.6. The summed E-state index contributed by atoms with van der Waals surface area (Å²) in [5.74, 6) is -0.282. The van der Waals surface area contributed by atoms with Crippen LogP contribution in [0.4, 0.5) is 5.82 Å². The van der Waals surface area contributed by atoms with Crippen molar-refractivity contribution >= 4 is 11.8 Å². The zero-order chi connectivity index (χ0) is 16.8. The molecule has 1 atom stereocenters. The number of anilines is 1. The lowest BCUT2D eigenvalue weighted by Crippen LogP contribution is -2.24. The number of carboxylic acids is 1. The van der Waals surface area contributed by atoms with Crippen LogP contribution in [0.1, 0.15) is 28.9 Å². The highest BCUT2D eigenvalue weighted by Crippen LogP contribution is 2.20. The number of benzene rings is 1. The number of hydrogen-bond acceptors (Lipinski definition) is 4. The highest BCUT2D eigenvalue weighted by atomic mass is 16.5. The molecule has 0 amide bonds. The Labute approximate surface area is 141 Å². The van der Waals surface area contributed by atoms with Crippen LogP contribution in [-0.2, 0) is 11.2 Å². The smallest absolute Gasteiger partial charge is 0.354 e. The second-order valence-electron chi connectivity index (χ2n) is 6.00. The van der Waals surface area contributed by atoms with Crippen molar-refractivity contribution in [2.75, 3.05) is 24.6 Å². The van der Waals surface area contributed by atoms with Crippen molar-refractivity contribution in [2.24, 2.45) is 0 Å². The van der Waals surface area contributed by atoms with Crippen LogP contribution in [0.5, 0.6) is 0 Å². The first-order valence-electron chi connectivity index (χ1n) is 8.33. The number of pyridine rings is 1. The number of aromatic carboxylic acids is 1. The zero-order valence-corrected chi connectivity index (χ0v) is 13.6. The molecule has 0 spiro atoms. The van der Waals surface area contributed by atoms with Gasteiger partial charge in [0.2, 0.25) is 0 Å². The van der Waals surface area contributed by atoms with Gasteiger partial charge in [-0.25, -0.2) is 9.78 Å². The Kier molecular flexibility index (Phi) is 5.43. The van der Waals surface area contributed by atoms with Crippen LogP contribution in [0.3, 0.4) is 0 Å². The van der Waals surface area contributed by atoms with E-state index in [-0.39, 0.29) is 11.8 Å². The average molecular weight is 326 g/mol. The standard InChI is InChI=1S/C19H22N2O3/c22-19(23)17-9-4-10-18(20-17)21-12-11-16(14-21)24-13-5-8-15-6-2-1-3-7-15/h1-4,6-7,9-10,16H,5,8,11-14H2,(H,22,23). The van der Waals surface area contributed by atoms with E-state index in [1.807, 2.05) is 12.1 Å². The third kappa shape index (κ3) is 4.32. The van der Waals surface area contributed by atoms with Gasteiger partial charge in [0, 0.05) is 19.7 Å². The molecule has 5 heteroatoms. The molecular formula is C19H22N2O3. The molecule has 1 aliphatic rings. The maximum Gasteiger partial charge on any atom is 0.354 e. The first kappa shape index (κ1) is 16.5. The summed E-state index contributed by atoms with van der Waals surface area (Å²) in [6, 6.07) is 15.5. The topological polar surface area (TPSA) is 62.7 Å². The van der Waals surface area contributed by atoms with E-state index in [1.54, 1.807) is 6.07 Å². The third-order valence-electron chi connectivity index (χ3n) is 4.23. The van der Waals surface area contributed by atoms with Gasteiger partial charge in [-0.1, -0.05) is 36.4 Å². The fraction of sp³-hybridized carbons (Fsp3) is 0.368. The Morgan fingerprint density at radius 3 is 2.83 bits per heavy atom. The number of aromatic nitrogens is 1.